The monoisotopic (exact) mass is 581 g/mol. The van der Waals surface area contributed by atoms with E-state index in [9.17, 15) is 10.2 Å². The lowest BCUT2D eigenvalue weighted by Gasteiger charge is -2.22. The molecule has 0 spiro atoms. The number of phenolic OH excluding ortho intramolecular Hbond substituents is 1. The second-order valence-electron chi connectivity index (χ2n) is 11.9. The predicted molar refractivity (Wildman–Crippen MR) is 175 cm³/mol. The molecule has 0 saturated carbocycles. The minimum absolute atomic E-state index is 0.0159. The number of aryl methyl sites for hydroxylation is 4. The quantitative estimate of drug-likeness (QED) is 0.144. The molecule has 0 radical (unpaired) electrons. The topological polar surface area (TPSA) is 88.4 Å². The number of hydrogen-bond acceptors (Lipinski definition) is 6. The van der Waals surface area contributed by atoms with Crippen LogP contribution in [0.5, 0.6) is 11.5 Å². The Morgan fingerprint density at radius 2 is 1.14 bits per heavy atom. The van der Waals surface area contributed by atoms with Gasteiger partial charge in [0.2, 0.25) is 0 Å². The summed E-state index contributed by atoms with van der Waals surface area (Å²) in [7, 11) is 0. The Hall–Kier alpha value is -3.77. The van der Waals surface area contributed by atoms with Crippen LogP contribution in [0.25, 0.3) is 34.2 Å². The molecular formula is C37H47N3O3. The van der Waals surface area contributed by atoms with Crippen LogP contribution in [0.1, 0.15) is 87.5 Å². The summed E-state index contributed by atoms with van der Waals surface area (Å²) in [6.45, 7) is 12.2. The lowest BCUT2D eigenvalue weighted by Crippen LogP contribution is -2.29. The number of aromatic hydroxyl groups is 1. The number of aliphatic hydroxyl groups excluding tert-OH is 1. The first-order valence-corrected chi connectivity index (χ1v) is 15.8. The number of nitrogens with zero attached hydrogens (tertiary/aromatic N) is 3. The minimum atomic E-state index is -0.619. The summed E-state index contributed by atoms with van der Waals surface area (Å²) in [4.78, 5) is 14.5. The summed E-state index contributed by atoms with van der Waals surface area (Å²) in [5.41, 5.74) is 6.81. The second kappa shape index (κ2) is 15.1. The van der Waals surface area contributed by atoms with Gasteiger partial charge in [0.1, 0.15) is 17.6 Å². The molecular weight excluding hydrogens is 534 g/mol. The van der Waals surface area contributed by atoms with Crippen LogP contribution in [0.3, 0.4) is 0 Å². The van der Waals surface area contributed by atoms with Gasteiger partial charge in [-0.2, -0.15) is 0 Å². The average Bonchev–Trinajstić information content (AvgIpc) is 2.95. The van der Waals surface area contributed by atoms with Crippen LogP contribution in [0.15, 0.2) is 54.6 Å². The van der Waals surface area contributed by atoms with Gasteiger partial charge in [-0.15, -0.1) is 0 Å². The van der Waals surface area contributed by atoms with Gasteiger partial charge in [-0.1, -0.05) is 93.0 Å². The Bertz CT molecular complexity index is 1450. The van der Waals surface area contributed by atoms with Gasteiger partial charge in [0.05, 0.1) is 11.7 Å². The van der Waals surface area contributed by atoms with E-state index in [1.807, 2.05) is 18.2 Å². The molecule has 0 bridgehead atoms. The predicted octanol–water partition coefficient (Wildman–Crippen LogP) is 9.08. The molecule has 0 saturated heterocycles. The molecule has 4 aromatic rings. The second-order valence-corrected chi connectivity index (χ2v) is 11.9. The van der Waals surface area contributed by atoms with Gasteiger partial charge in [0, 0.05) is 17.2 Å². The van der Waals surface area contributed by atoms with Crippen LogP contribution in [-0.4, -0.2) is 37.4 Å². The Morgan fingerprint density at radius 3 is 1.63 bits per heavy atom. The molecule has 0 amide bonds. The van der Waals surface area contributed by atoms with E-state index in [0.717, 1.165) is 41.5 Å². The normalized spacial score (nSPS) is 12.7. The van der Waals surface area contributed by atoms with E-state index in [2.05, 4.69) is 58.9 Å². The fraction of sp³-hybridized carbons (Fsp3) is 0.432. The third-order valence-corrected chi connectivity index (χ3v) is 8.01. The van der Waals surface area contributed by atoms with Crippen LogP contribution in [0.4, 0.5) is 0 Å². The van der Waals surface area contributed by atoms with Crippen LogP contribution in [0, 0.1) is 27.7 Å². The van der Waals surface area contributed by atoms with Gasteiger partial charge in [0.25, 0.3) is 0 Å². The van der Waals surface area contributed by atoms with Crippen molar-refractivity contribution in [2.24, 2.45) is 0 Å². The number of aliphatic hydroxyl groups is 1. The van der Waals surface area contributed by atoms with Crippen LogP contribution < -0.4 is 4.74 Å². The number of rotatable bonds is 14. The van der Waals surface area contributed by atoms with E-state index >= 15 is 0 Å². The van der Waals surface area contributed by atoms with Crippen LogP contribution in [-0.2, 0) is 0 Å². The summed E-state index contributed by atoms with van der Waals surface area (Å²) < 4.78 is 6.17. The maximum atomic E-state index is 11.2. The zero-order valence-electron chi connectivity index (χ0n) is 26.7. The Labute approximate surface area is 257 Å². The molecule has 1 heterocycles. The molecule has 228 valence electrons. The first-order valence-electron chi connectivity index (χ1n) is 15.8. The summed E-state index contributed by atoms with van der Waals surface area (Å²) in [5, 5.41) is 21.6. The molecule has 6 heteroatoms. The third-order valence-electron chi connectivity index (χ3n) is 8.01. The van der Waals surface area contributed by atoms with Crippen molar-refractivity contribution in [1.29, 1.82) is 0 Å². The van der Waals surface area contributed by atoms with Crippen molar-refractivity contribution < 1.29 is 14.9 Å². The third kappa shape index (κ3) is 8.64. The van der Waals surface area contributed by atoms with Crippen molar-refractivity contribution in [3.63, 3.8) is 0 Å². The first-order chi connectivity index (χ1) is 20.7. The SMILES string of the molecule is CCCCCCCCCC(Oc1ccc(-c2nc(-c3ccc(C)cc3C)nc(-c3ccc(C)cc3C)n2)c(O)c1)C(C)O. The standard InChI is InChI=1S/C37H47N3O3/c1-7-8-9-10-11-12-13-14-34(28(6)41)43-29-17-20-32(33(42)23-29)37-39-35(30-18-15-24(2)21-26(30)4)38-36(40-37)31-19-16-25(3)22-27(31)5/h15-23,28,34,41-42H,7-14H2,1-6H3. The highest BCUT2D eigenvalue weighted by Crippen LogP contribution is 2.34. The van der Waals surface area contributed by atoms with E-state index in [1.54, 1.807) is 19.1 Å². The van der Waals surface area contributed by atoms with E-state index in [0.29, 0.717) is 28.8 Å². The van der Waals surface area contributed by atoms with Gasteiger partial charge in [-0.25, -0.2) is 15.0 Å². The van der Waals surface area contributed by atoms with E-state index < -0.39 is 6.10 Å². The van der Waals surface area contributed by atoms with Gasteiger partial charge >= 0.3 is 0 Å². The lowest BCUT2D eigenvalue weighted by atomic mass is 10.0. The van der Waals surface area contributed by atoms with Crippen molar-refractivity contribution in [3.05, 3.63) is 76.9 Å². The van der Waals surface area contributed by atoms with E-state index in [4.69, 9.17) is 19.7 Å². The van der Waals surface area contributed by atoms with Crippen molar-refractivity contribution in [1.82, 2.24) is 15.0 Å². The fourth-order valence-electron chi connectivity index (χ4n) is 5.52. The Balaban J connectivity index is 1.62. The van der Waals surface area contributed by atoms with Crippen molar-refractivity contribution in [3.8, 4) is 45.7 Å². The molecule has 0 aliphatic heterocycles. The molecule has 2 atom stereocenters. The highest BCUT2D eigenvalue weighted by atomic mass is 16.5. The largest absolute Gasteiger partial charge is 0.507 e. The first kappa shape index (κ1) is 32.2. The van der Waals surface area contributed by atoms with Gasteiger partial charge < -0.3 is 14.9 Å². The molecule has 0 aliphatic rings. The maximum absolute atomic E-state index is 11.2. The Morgan fingerprint density at radius 1 is 0.651 bits per heavy atom. The van der Waals surface area contributed by atoms with Crippen molar-refractivity contribution in [2.45, 2.75) is 105 Å². The number of hydrogen-bond donors (Lipinski definition) is 2. The highest BCUT2D eigenvalue weighted by molar-refractivity contribution is 5.72. The molecule has 0 fully saturated rings. The summed E-state index contributed by atoms with van der Waals surface area (Å²) in [6, 6.07) is 17.6. The molecule has 6 nitrogen and oxygen atoms in total. The number of aromatic nitrogens is 3. The van der Waals surface area contributed by atoms with Gasteiger partial charge in [-0.3, -0.25) is 0 Å². The summed E-state index contributed by atoms with van der Waals surface area (Å²) in [6.07, 6.45) is 8.24. The number of phenols is 1. The number of unbranched alkanes of at least 4 members (excludes halogenated alkanes) is 6. The summed E-state index contributed by atoms with van der Waals surface area (Å²) >= 11 is 0. The number of benzene rings is 3. The van der Waals surface area contributed by atoms with Crippen molar-refractivity contribution >= 4 is 0 Å². The summed E-state index contributed by atoms with van der Waals surface area (Å²) in [5.74, 6) is 2.02. The van der Waals surface area contributed by atoms with Crippen LogP contribution >= 0.6 is 0 Å². The fourth-order valence-corrected chi connectivity index (χ4v) is 5.52. The molecule has 43 heavy (non-hydrogen) atoms. The van der Waals surface area contributed by atoms with E-state index in [1.165, 1.54) is 43.2 Å². The molecule has 4 rings (SSSR count). The zero-order chi connectivity index (χ0) is 30.9. The minimum Gasteiger partial charge on any atom is -0.507 e. The smallest absolute Gasteiger partial charge is 0.167 e. The van der Waals surface area contributed by atoms with Gasteiger partial charge in [-0.05, 0) is 70.7 Å². The highest BCUT2D eigenvalue weighted by Gasteiger charge is 2.20. The maximum Gasteiger partial charge on any atom is 0.167 e. The Kier molecular flexibility index (Phi) is 11.3. The lowest BCUT2D eigenvalue weighted by molar-refractivity contribution is 0.0416. The molecule has 1 aromatic heterocycles. The van der Waals surface area contributed by atoms with Crippen molar-refractivity contribution in [2.75, 3.05) is 0 Å². The molecule has 2 unspecified atom stereocenters. The van der Waals surface area contributed by atoms with Crippen LogP contribution in [0.2, 0.25) is 0 Å². The number of ether oxygens (including phenoxy) is 1. The molecule has 3 aromatic carbocycles. The average molecular weight is 582 g/mol. The van der Waals surface area contributed by atoms with E-state index in [-0.39, 0.29) is 11.9 Å². The molecule has 2 N–H and O–H groups in total. The molecule has 0 aliphatic carbocycles. The zero-order valence-corrected chi connectivity index (χ0v) is 26.7. The van der Waals surface area contributed by atoms with Gasteiger partial charge in [0.15, 0.2) is 17.5 Å².